The van der Waals surface area contributed by atoms with Crippen molar-refractivity contribution in [1.29, 1.82) is 0 Å². The molecule has 0 aliphatic rings. The van der Waals surface area contributed by atoms with Gasteiger partial charge in [-0.15, -0.1) is 0 Å². The van der Waals surface area contributed by atoms with Gasteiger partial charge in [0.25, 0.3) is 5.91 Å². The van der Waals surface area contributed by atoms with E-state index in [1.807, 2.05) is 0 Å². The largest absolute Gasteiger partial charge is 0.493 e. The molecule has 2 rings (SSSR count). The van der Waals surface area contributed by atoms with E-state index in [0.717, 1.165) is 0 Å². The third kappa shape index (κ3) is 2.70. The second-order valence-corrected chi connectivity index (χ2v) is 3.91. The minimum atomic E-state index is -0.224. The summed E-state index contributed by atoms with van der Waals surface area (Å²) < 4.78 is 15.4. The van der Waals surface area contributed by atoms with Crippen LogP contribution in [0, 0.1) is 6.92 Å². The topological polar surface area (TPSA) is 60.7 Å². The number of ether oxygens (including phenoxy) is 2. The van der Waals surface area contributed by atoms with Gasteiger partial charge in [0.15, 0.2) is 11.5 Å². The van der Waals surface area contributed by atoms with Crippen molar-refractivity contribution in [3.8, 4) is 11.5 Å². The van der Waals surface area contributed by atoms with Crippen molar-refractivity contribution in [2.45, 2.75) is 6.92 Å². The maximum Gasteiger partial charge on any atom is 0.259 e. The average Bonchev–Trinajstić information content (AvgIpc) is 2.85. The second kappa shape index (κ2) is 5.48. The fourth-order valence-electron chi connectivity index (χ4n) is 1.73. The summed E-state index contributed by atoms with van der Waals surface area (Å²) in [6.07, 6.45) is 1.48. The molecule has 5 heteroatoms. The Balaban J connectivity index is 2.20. The van der Waals surface area contributed by atoms with Gasteiger partial charge in [0.1, 0.15) is 5.76 Å². The van der Waals surface area contributed by atoms with E-state index in [4.69, 9.17) is 13.9 Å². The Bertz CT molecular complexity index is 589. The van der Waals surface area contributed by atoms with Crippen LogP contribution in [0.15, 0.2) is 34.9 Å². The highest BCUT2D eigenvalue weighted by atomic mass is 16.5. The summed E-state index contributed by atoms with van der Waals surface area (Å²) in [6.45, 7) is 1.74. The quantitative estimate of drug-likeness (QED) is 0.919. The number of furan rings is 1. The molecule has 100 valence electrons. The predicted molar refractivity (Wildman–Crippen MR) is 70.9 cm³/mol. The van der Waals surface area contributed by atoms with Crippen molar-refractivity contribution in [3.63, 3.8) is 0 Å². The van der Waals surface area contributed by atoms with Crippen LogP contribution in [0.3, 0.4) is 0 Å². The first kappa shape index (κ1) is 13.0. The molecule has 0 atom stereocenters. The maximum atomic E-state index is 12.0. The maximum absolute atomic E-state index is 12.0. The molecule has 19 heavy (non-hydrogen) atoms. The SMILES string of the molecule is COc1ccc(NC(=O)c2ccoc2C)cc1OC. The average molecular weight is 261 g/mol. The van der Waals surface area contributed by atoms with Gasteiger partial charge in [-0.3, -0.25) is 4.79 Å². The number of benzene rings is 1. The standard InChI is InChI=1S/C14H15NO4/c1-9-11(6-7-19-9)14(16)15-10-4-5-12(17-2)13(8-10)18-3/h4-8H,1-3H3,(H,15,16). The molecule has 0 aliphatic heterocycles. The summed E-state index contributed by atoms with van der Waals surface area (Å²) in [5.74, 6) is 1.53. The number of hydrogen-bond acceptors (Lipinski definition) is 4. The number of rotatable bonds is 4. The predicted octanol–water partition coefficient (Wildman–Crippen LogP) is 2.86. The highest BCUT2D eigenvalue weighted by Gasteiger charge is 2.12. The van der Waals surface area contributed by atoms with Crippen LogP contribution in [0.5, 0.6) is 11.5 Å². The minimum Gasteiger partial charge on any atom is -0.493 e. The summed E-state index contributed by atoms with van der Waals surface area (Å²) in [4.78, 5) is 12.0. The van der Waals surface area contributed by atoms with Gasteiger partial charge >= 0.3 is 0 Å². The van der Waals surface area contributed by atoms with Crippen molar-refractivity contribution in [3.05, 3.63) is 41.9 Å². The van der Waals surface area contributed by atoms with Gasteiger partial charge in [0.05, 0.1) is 26.0 Å². The molecule has 0 spiro atoms. The van der Waals surface area contributed by atoms with Crippen LogP contribution in [0.2, 0.25) is 0 Å². The molecule has 5 nitrogen and oxygen atoms in total. The molecule has 0 saturated carbocycles. The first-order chi connectivity index (χ1) is 9.15. The van der Waals surface area contributed by atoms with Gasteiger partial charge in [-0.05, 0) is 25.1 Å². The molecule has 0 bridgehead atoms. The van der Waals surface area contributed by atoms with Crippen LogP contribution < -0.4 is 14.8 Å². The fraction of sp³-hybridized carbons (Fsp3) is 0.214. The summed E-state index contributed by atoms with van der Waals surface area (Å²) >= 11 is 0. The van der Waals surface area contributed by atoms with E-state index >= 15 is 0 Å². The van der Waals surface area contributed by atoms with E-state index in [1.54, 1.807) is 45.4 Å². The van der Waals surface area contributed by atoms with Gasteiger partial charge in [-0.1, -0.05) is 0 Å². The van der Waals surface area contributed by atoms with E-state index in [9.17, 15) is 4.79 Å². The lowest BCUT2D eigenvalue weighted by molar-refractivity contribution is 0.102. The number of carbonyl (C=O) groups is 1. The normalized spacial score (nSPS) is 10.1. The van der Waals surface area contributed by atoms with Crippen molar-refractivity contribution in [2.24, 2.45) is 0 Å². The minimum absolute atomic E-state index is 0.224. The summed E-state index contributed by atoms with van der Waals surface area (Å²) in [5.41, 5.74) is 1.14. The number of aryl methyl sites for hydroxylation is 1. The van der Waals surface area contributed by atoms with Gasteiger partial charge < -0.3 is 19.2 Å². The van der Waals surface area contributed by atoms with E-state index in [2.05, 4.69) is 5.32 Å². The number of anilines is 1. The molecular weight excluding hydrogens is 246 g/mol. The van der Waals surface area contributed by atoms with Gasteiger partial charge in [-0.2, -0.15) is 0 Å². The monoisotopic (exact) mass is 261 g/mol. The Labute approximate surface area is 111 Å². The van der Waals surface area contributed by atoms with E-state index in [-0.39, 0.29) is 5.91 Å². The summed E-state index contributed by atoms with van der Waals surface area (Å²) in [5, 5.41) is 2.78. The molecule has 0 unspecified atom stereocenters. The molecule has 2 aromatic rings. The first-order valence-electron chi connectivity index (χ1n) is 5.73. The number of hydrogen-bond donors (Lipinski definition) is 1. The van der Waals surface area contributed by atoms with Crippen LogP contribution in [-0.4, -0.2) is 20.1 Å². The lowest BCUT2D eigenvalue weighted by Crippen LogP contribution is -2.12. The Morgan fingerprint density at radius 2 is 1.89 bits per heavy atom. The van der Waals surface area contributed by atoms with Crippen LogP contribution in [0.4, 0.5) is 5.69 Å². The molecule has 0 radical (unpaired) electrons. The van der Waals surface area contributed by atoms with Crippen LogP contribution in [-0.2, 0) is 0 Å². The molecule has 1 aromatic carbocycles. The zero-order chi connectivity index (χ0) is 13.8. The van der Waals surface area contributed by atoms with Crippen LogP contribution in [0.1, 0.15) is 16.1 Å². The van der Waals surface area contributed by atoms with Crippen LogP contribution >= 0.6 is 0 Å². The van der Waals surface area contributed by atoms with Crippen molar-refractivity contribution < 1.29 is 18.7 Å². The highest BCUT2D eigenvalue weighted by Crippen LogP contribution is 2.30. The number of methoxy groups -OCH3 is 2. The van der Waals surface area contributed by atoms with E-state index in [0.29, 0.717) is 28.5 Å². The zero-order valence-corrected chi connectivity index (χ0v) is 11.0. The Hall–Kier alpha value is -2.43. The molecule has 1 amide bonds. The Kier molecular flexibility index (Phi) is 3.75. The third-order valence-electron chi connectivity index (χ3n) is 2.74. The molecule has 0 fully saturated rings. The summed E-state index contributed by atoms with van der Waals surface area (Å²) in [6, 6.07) is 6.81. The summed E-state index contributed by atoms with van der Waals surface area (Å²) in [7, 11) is 3.11. The highest BCUT2D eigenvalue weighted by molar-refractivity contribution is 6.05. The van der Waals surface area contributed by atoms with E-state index < -0.39 is 0 Å². The lowest BCUT2D eigenvalue weighted by Gasteiger charge is -2.10. The number of amides is 1. The number of nitrogens with one attached hydrogen (secondary N) is 1. The fourth-order valence-corrected chi connectivity index (χ4v) is 1.73. The first-order valence-corrected chi connectivity index (χ1v) is 5.73. The van der Waals surface area contributed by atoms with Crippen LogP contribution in [0.25, 0.3) is 0 Å². The second-order valence-electron chi connectivity index (χ2n) is 3.91. The smallest absolute Gasteiger partial charge is 0.259 e. The van der Waals surface area contributed by atoms with Crippen molar-refractivity contribution in [1.82, 2.24) is 0 Å². The zero-order valence-electron chi connectivity index (χ0n) is 11.0. The van der Waals surface area contributed by atoms with E-state index in [1.165, 1.54) is 6.26 Å². The van der Waals surface area contributed by atoms with Crippen molar-refractivity contribution >= 4 is 11.6 Å². The molecule has 0 saturated heterocycles. The molecule has 1 N–H and O–H groups in total. The molecule has 1 aromatic heterocycles. The molecule has 0 aliphatic carbocycles. The number of carbonyl (C=O) groups excluding carboxylic acids is 1. The van der Waals surface area contributed by atoms with Gasteiger partial charge in [-0.25, -0.2) is 0 Å². The third-order valence-corrected chi connectivity index (χ3v) is 2.74. The van der Waals surface area contributed by atoms with Gasteiger partial charge in [0.2, 0.25) is 0 Å². The Morgan fingerprint density at radius 1 is 1.16 bits per heavy atom. The molecular formula is C14H15NO4. The molecule has 1 heterocycles. The van der Waals surface area contributed by atoms with Gasteiger partial charge in [0, 0.05) is 11.8 Å². The Morgan fingerprint density at radius 3 is 2.47 bits per heavy atom. The van der Waals surface area contributed by atoms with Crippen molar-refractivity contribution in [2.75, 3.05) is 19.5 Å². The lowest BCUT2D eigenvalue weighted by atomic mass is 10.2.